The Balaban J connectivity index is 1.67. The third-order valence-corrected chi connectivity index (χ3v) is 5.74. The molecular formula is C27H31FO3. The zero-order valence-electron chi connectivity index (χ0n) is 18.7. The van der Waals surface area contributed by atoms with E-state index in [0.29, 0.717) is 31.5 Å². The van der Waals surface area contributed by atoms with Crippen LogP contribution in [0, 0.1) is 11.7 Å². The molecule has 0 saturated carbocycles. The molecule has 0 spiro atoms. The third-order valence-electron chi connectivity index (χ3n) is 5.74. The molecule has 0 aromatic heterocycles. The number of para-hydroxylation sites is 1. The highest BCUT2D eigenvalue weighted by Crippen LogP contribution is 2.34. The van der Waals surface area contributed by atoms with Crippen LogP contribution in [0.2, 0.25) is 0 Å². The van der Waals surface area contributed by atoms with Crippen molar-refractivity contribution in [2.45, 2.75) is 39.7 Å². The lowest BCUT2D eigenvalue weighted by atomic mass is 9.74. The van der Waals surface area contributed by atoms with Gasteiger partial charge in [-0.2, -0.15) is 0 Å². The van der Waals surface area contributed by atoms with Gasteiger partial charge in [0.15, 0.2) is 11.6 Å². The van der Waals surface area contributed by atoms with E-state index in [9.17, 15) is 4.39 Å². The lowest BCUT2D eigenvalue weighted by Gasteiger charge is -2.34. The molecule has 0 heterocycles. The van der Waals surface area contributed by atoms with Gasteiger partial charge in [-0.3, -0.25) is 0 Å². The highest BCUT2D eigenvalue weighted by Gasteiger charge is 2.31. The number of rotatable bonds is 10. The number of benzene rings is 3. The first kappa shape index (κ1) is 22.8. The second-order valence-electron chi connectivity index (χ2n) is 8.20. The highest BCUT2D eigenvalue weighted by molar-refractivity contribution is 5.35. The molecule has 0 amide bonds. The molecule has 0 saturated heterocycles. The molecule has 4 heteroatoms. The minimum Gasteiger partial charge on any atom is -0.494 e. The van der Waals surface area contributed by atoms with Gasteiger partial charge in [0.1, 0.15) is 11.5 Å². The standard InChI is InChI=1S/C27H31FO3/c1-5-30-23-14-12-22(13-15-23)27(4,20(2)3)19-29-18-21-11-16-25(28)26(17-21)31-24-9-7-6-8-10-24/h6-17,20H,5,18-19H2,1-4H3. The fourth-order valence-electron chi connectivity index (χ4n) is 3.39. The summed E-state index contributed by atoms with van der Waals surface area (Å²) in [6.45, 7) is 10.2. The van der Waals surface area contributed by atoms with Crippen LogP contribution in [0.3, 0.4) is 0 Å². The number of ether oxygens (including phenoxy) is 3. The lowest BCUT2D eigenvalue weighted by Crippen LogP contribution is -2.34. The molecule has 1 atom stereocenters. The fraction of sp³-hybridized carbons (Fsp3) is 0.333. The van der Waals surface area contributed by atoms with Crippen LogP contribution in [-0.4, -0.2) is 13.2 Å². The molecule has 1 unspecified atom stereocenters. The van der Waals surface area contributed by atoms with Crippen molar-refractivity contribution in [1.82, 2.24) is 0 Å². The molecule has 0 aliphatic carbocycles. The monoisotopic (exact) mass is 422 g/mol. The van der Waals surface area contributed by atoms with Gasteiger partial charge in [0.05, 0.1) is 19.8 Å². The Morgan fingerprint density at radius 3 is 2.26 bits per heavy atom. The predicted octanol–water partition coefficient (Wildman–Crippen LogP) is 7.15. The fourth-order valence-corrected chi connectivity index (χ4v) is 3.39. The van der Waals surface area contributed by atoms with Crippen molar-refractivity contribution in [2.24, 2.45) is 5.92 Å². The molecule has 3 rings (SSSR count). The van der Waals surface area contributed by atoms with Crippen LogP contribution in [0.1, 0.15) is 38.8 Å². The number of hydrogen-bond donors (Lipinski definition) is 0. The van der Waals surface area contributed by atoms with E-state index in [4.69, 9.17) is 14.2 Å². The summed E-state index contributed by atoms with van der Waals surface area (Å²) in [5.41, 5.74) is 1.91. The second kappa shape index (κ2) is 10.5. The van der Waals surface area contributed by atoms with E-state index < -0.39 is 5.82 Å². The van der Waals surface area contributed by atoms with Gasteiger partial charge in [0.2, 0.25) is 0 Å². The zero-order chi connectivity index (χ0) is 22.3. The molecule has 0 radical (unpaired) electrons. The van der Waals surface area contributed by atoms with Crippen molar-refractivity contribution in [3.8, 4) is 17.2 Å². The summed E-state index contributed by atoms with van der Waals surface area (Å²) >= 11 is 0. The van der Waals surface area contributed by atoms with Gasteiger partial charge < -0.3 is 14.2 Å². The molecular weight excluding hydrogens is 391 g/mol. The summed E-state index contributed by atoms with van der Waals surface area (Å²) in [7, 11) is 0. The predicted molar refractivity (Wildman–Crippen MR) is 122 cm³/mol. The molecule has 0 N–H and O–H groups in total. The minimum absolute atomic E-state index is 0.159. The molecule has 3 aromatic carbocycles. The summed E-state index contributed by atoms with van der Waals surface area (Å²) < 4.78 is 31.6. The molecule has 0 aliphatic heterocycles. The smallest absolute Gasteiger partial charge is 0.165 e. The van der Waals surface area contributed by atoms with E-state index in [-0.39, 0.29) is 11.2 Å². The molecule has 0 aliphatic rings. The van der Waals surface area contributed by atoms with Crippen LogP contribution in [0.4, 0.5) is 4.39 Å². The summed E-state index contributed by atoms with van der Waals surface area (Å²) in [6, 6.07) is 22.3. The lowest BCUT2D eigenvalue weighted by molar-refractivity contribution is 0.0583. The van der Waals surface area contributed by atoms with E-state index in [2.05, 4.69) is 32.9 Å². The topological polar surface area (TPSA) is 27.7 Å². The maximum Gasteiger partial charge on any atom is 0.165 e. The third kappa shape index (κ3) is 5.86. The summed E-state index contributed by atoms with van der Waals surface area (Å²) in [5, 5.41) is 0. The molecule has 0 fully saturated rings. The Kier molecular flexibility index (Phi) is 7.69. The Labute approximate surface area is 184 Å². The highest BCUT2D eigenvalue weighted by atomic mass is 19.1. The average Bonchev–Trinajstić information content (AvgIpc) is 2.77. The summed E-state index contributed by atoms with van der Waals surface area (Å²) in [4.78, 5) is 0. The maximum absolute atomic E-state index is 14.2. The van der Waals surface area contributed by atoms with Gasteiger partial charge in [-0.25, -0.2) is 4.39 Å². The van der Waals surface area contributed by atoms with Crippen molar-refractivity contribution < 1.29 is 18.6 Å². The SMILES string of the molecule is CCOc1ccc(C(C)(COCc2ccc(F)c(Oc3ccccc3)c2)C(C)C)cc1. The van der Waals surface area contributed by atoms with Crippen molar-refractivity contribution in [3.63, 3.8) is 0 Å². The normalized spacial score (nSPS) is 13.1. The molecule has 0 bridgehead atoms. The first-order valence-electron chi connectivity index (χ1n) is 10.7. The maximum atomic E-state index is 14.2. The largest absolute Gasteiger partial charge is 0.494 e. The molecule has 3 nitrogen and oxygen atoms in total. The first-order valence-corrected chi connectivity index (χ1v) is 10.7. The Morgan fingerprint density at radius 2 is 1.61 bits per heavy atom. The van der Waals surface area contributed by atoms with Crippen molar-refractivity contribution in [1.29, 1.82) is 0 Å². The van der Waals surface area contributed by atoms with E-state index >= 15 is 0 Å². The van der Waals surface area contributed by atoms with Gasteiger partial charge in [0.25, 0.3) is 0 Å². The van der Waals surface area contributed by atoms with E-state index in [1.807, 2.05) is 37.3 Å². The van der Waals surface area contributed by atoms with Crippen molar-refractivity contribution >= 4 is 0 Å². The van der Waals surface area contributed by atoms with Gasteiger partial charge >= 0.3 is 0 Å². The quantitative estimate of drug-likeness (QED) is 0.347. The van der Waals surface area contributed by atoms with Crippen molar-refractivity contribution in [2.75, 3.05) is 13.2 Å². The van der Waals surface area contributed by atoms with Gasteiger partial charge in [0, 0.05) is 5.41 Å². The summed E-state index contributed by atoms with van der Waals surface area (Å²) in [6.07, 6.45) is 0. The van der Waals surface area contributed by atoms with E-state index in [1.54, 1.807) is 24.3 Å². The van der Waals surface area contributed by atoms with Crippen LogP contribution in [0.15, 0.2) is 72.8 Å². The van der Waals surface area contributed by atoms with Gasteiger partial charge in [-0.15, -0.1) is 0 Å². The second-order valence-corrected chi connectivity index (χ2v) is 8.20. The van der Waals surface area contributed by atoms with E-state index in [1.165, 1.54) is 11.6 Å². The summed E-state index contributed by atoms with van der Waals surface area (Å²) in [5.74, 6) is 1.65. The average molecular weight is 423 g/mol. The van der Waals surface area contributed by atoms with Gasteiger partial charge in [-0.1, -0.05) is 57.2 Å². The molecule has 164 valence electrons. The Morgan fingerprint density at radius 1 is 0.903 bits per heavy atom. The number of halogens is 1. The van der Waals surface area contributed by atoms with Crippen LogP contribution < -0.4 is 9.47 Å². The molecule has 31 heavy (non-hydrogen) atoms. The van der Waals surface area contributed by atoms with Crippen LogP contribution in [0.25, 0.3) is 0 Å². The number of hydrogen-bond acceptors (Lipinski definition) is 3. The first-order chi connectivity index (χ1) is 14.9. The van der Waals surface area contributed by atoms with Crippen LogP contribution in [0.5, 0.6) is 17.2 Å². The van der Waals surface area contributed by atoms with Gasteiger partial charge in [-0.05, 0) is 60.4 Å². The van der Waals surface area contributed by atoms with Crippen LogP contribution in [-0.2, 0) is 16.8 Å². The minimum atomic E-state index is -0.394. The van der Waals surface area contributed by atoms with Crippen molar-refractivity contribution in [3.05, 3.63) is 89.7 Å². The Bertz CT molecular complexity index is 954. The Hall–Kier alpha value is -2.85. The van der Waals surface area contributed by atoms with Crippen LogP contribution >= 0.6 is 0 Å². The zero-order valence-corrected chi connectivity index (χ0v) is 18.7. The van der Waals surface area contributed by atoms with E-state index in [0.717, 1.165) is 11.3 Å². The molecule has 3 aromatic rings.